The van der Waals surface area contributed by atoms with Crippen LogP contribution in [0.4, 0.5) is 4.39 Å². The van der Waals surface area contributed by atoms with Gasteiger partial charge in [-0.2, -0.15) is 0 Å². The predicted molar refractivity (Wildman–Crippen MR) is 85.5 cm³/mol. The summed E-state index contributed by atoms with van der Waals surface area (Å²) in [6.07, 6.45) is 1.42. The largest absolute Gasteiger partial charge is 0.271 e. The summed E-state index contributed by atoms with van der Waals surface area (Å²) in [5, 5.41) is 10.7. The molecule has 10 heteroatoms. The van der Waals surface area contributed by atoms with Crippen molar-refractivity contribution in [3.8, 4) is 5.69 Å². The average molecular weight is 361 g/mol. The number of hydrogen-bond acceptors (Lipinski definition) is 5. The van der Waals surface area contributed by atoms with Gasteiger partial charge in [0, 0.05) is 5.56 Å². The maximum absolute atomic E-state index is 13.0. The number of halogens is 2. The number of rotatable bonds is 3. The Bertz CT molecular complexity index is 914. The molecule has 0 saturated carbocycles. The number of benzene rings is 2. The molecule has 0 saturated heterocycles. The van der Waals surface area contributed by atoms with Crippen LogP contribution in [0.15, 0.2) is 48.8 Å². The van der Waals surface area contributed by atoms with E-state index < -0.39 is 17.6 Å². The third kappa shape index (κ3) is 3.78. The van der Waals surface area contributed by atoms with Crippen molar-refractivity contribution in [3.63, 3.8) is 0 Å². The van der Waals surface area contributed by atoms with Crippen molar-refractivity contribution in [2.75, 3.05) is 0 Å². The lowest BCUT2D eigenvalue weighted by Gasteiger charge is -2.09. The topological polar surface area (TPSA) is 102 Å². The van der Waals surface area contributed by atoms with E-state index in [2.05, 4.69) is 26.4 Å². The highest BCUT2D eigenvalue weighted by molar-refractivity contribution is 6.33. The van der Waals surface area contributed by atoms with E-state index in [1.165, 1.54) is 17.1 Å². The fourth-order valence-electron chi connectivity index (χ4n) is 1.97. The number of hydrazine groups is 1. The van der Waals surface area contributed by atoms with Gasteiger partial charge in [-0.1, -0.05) is 11.6 Å². The molecule has 126 valence electrons. The third-order valence-corrected chi connectivity index (χ3v) is 3.52. The van der Waals surface area contributed by atoms with Crippen LogP contribution < -0.4 is 10.9 Å². The number of carbonyl (C=O) groups is 2. The Morgan fingerprint density at radius 1 is 1.04 bits per heavy atom. The summed E-state index contributed by atoms with van der Waals surface area (Å²) in [6, 6.07) is 9.71. The van der Waals surface area contributed by atoms with E-state index in [0.717, 1.165) is 12.1 Å². The fourth-order valence-corrected chi connectivity index (χ4v) is 2.22. The zero-order chi connectivity index (χ0) is 17.8. The lowest BCUT2D eigenvalue weighted by Crippen LogP contribution is -2.41. The molecular formula is C15H10ClFN6O2. The Balaban J connectivity index is 1.63. The molecule has 8 nitrogen and oxygen atoms in total. The summed E-state index contributed by atoms with van der Waals surface area (Å²) in [5.41, 5.74) is 5.49. The van der Waals surface area contributed by atoms with E-state index in [4.69, 9.17) is 11.6 Å². The number of nitrogens with zero attached hydrogens (tertiary/aromatic N) is 4. The fraction of sp³-hybridized carbons (Fsp3) is 0. The second-order valence-electron chi connectivity index (χ2n) is 4.83. The Morgan fingerprint density at radius 2 is 1.76 bits per heavy atom. The van der Waals surface area contributed by atoms with Gasteiger partial charge >= 0.3 is 0 Å². The van der Waals surface area contributed by atoms with Crippen LogP contribution in [0.25, 0.3) is 5.69 Å². The van der Waals surface area contributed by atoms with Crippen LogP contribution in [0.3, 0.4) is 0 Å². The molecule has 0 fully saturated rings. The zero-order valence-electron chi connectivity index (χ0n) is 12.5. The van der Waals surface area contributed by atoms with E-state index in [-0.39, 0.29) is 10.6 Å². The van der Waals surface area contributed by atoms with E-state index in [1.807, 2.05) is 0 Å². The Morgan fingerprint density at radius 3 is 2.40 bits per heavy atom. The molecule has 0 radical (unpaired) electrons. The molecule has 0 bridgehead atoms. The molecule has 3 rings (SSSR count). The third-order valence-electron chi connectivity index (χ3n) is 3.21. The highest BCUT2D eigenvalue weighted by Crippen LogP contribution is 2.16. The molecule has 25 heavy (non-hydrogen) atoms. The first-order valence-corrected chi connectivity index (χ1v) is 7.31. The van der Waals surface area contributed by atoms with Gasteiger partial charge in [0.25, 0.3) is 11.8 Å². The summed E-state index contributed by atoms with van der Waals surface area (Å²) in [6.45, 7) is 0. The van der Waals surface area contributed by atoms with Crippen LogP contribution in [0.2, 0.25) is 5.02 Å². The molecule has 0 spiro atoms. The van der Waals surface area contributed by atoms with Gasteiger partial charge in [-0.25, -0.2) is 9.07 Å². The van der Waals surface area contributed by atoms with Crippen molar-refractivity contribution in [3.05, 3.63) is 70.8 Å². The molecule has 2 aromatic carbocycles. The first kappa shape index (κ1) is 16.5. The first-order chi connectivity index (χ1) is 12.0. The molecule has 0 atom stereocenters. The summed E-state index contributed by atoms with van der Waals surface area (Å²) in [4.78, 5) is 24.0. The number of aromatic nitrogens is 4. The standard InChI is InChI=1S/C15H10ClFN6O2/c16-13-7-10(17)3-6-12(13)15(25)20-19-14(24)9-1-4-11(5-2-9)23-8-18-21-22-23/h1-8H,(H,19,24)(H,20,25). The van der Waals surface area contributed by atoms with E-state index in [1.54, 1.807) is 24.3 Å². The van der Waals surface area contributed by atoms with Gasteiger partial charge in [-0.3, -0.25) is 20.4 Å². The van der Waals surface area contributed by atoms with Crippen molar-refractivity contribution in [1.82, 2.24) is 31.1 Å². The molecule has 2 amide bonds. The smallest absolute Gasteiger partial charge is 0.267 e. The minimum Gasteiger partial charge on any atom is -0.267 e. The van der Waals surface area contributed by atoms with Crippen LogP contribution in [0.5, 0.6) is 0 Å². The normalized spacial score (nSPS) is 10.3. The predicted octanol–water partition coefficient (Wildman–Crippen LogP) is 1.53. The highest BCUT2D eigenvalue weighted by atomic mass is 35.5. The first-order valence-electron chi connectivity index (χ1n) is 6.94. The lowest BCUT2D eigenvalue weighted by atomic mass is 10.2. The number of nitrogens with one attached hydrogen (secondary N) is 2. The van der Waals surface area contributed by atoms with Gasteiger partial charge < -0.3 is 0 Å². The molecule has 3 aromatic rings. The number of tetrazole rings is 1. The molecule has 1 heterocycles. The SMILES string of the molecule is O=C(NNC(=O)c1ccc(F)cc1Cl)c1ccc(-n2cnnn2)cc1. The molecule has 1 aromatic heterocycles. The van der Waals surface area contributed by atoms with Gasteiger partial charge in [-0.15, -0.1) is 5.10 Å². The second kappa shape index (κ2) is 7.05. The Kier molecular flexibility index (Phi) is 4.66. The number of amides is 2. The summed E-state index contributed by atoms with van der Waals surface area (Å²) < 4.78 is 14.4. The van der Waals surface area contributed by atoms with Gasteiger partial charge in [0.2, 0.25) is 0 Å². The minimum atomic E-state index is -0.663. The lowest BCUT2D eigenvalue weighted by molar-refractivity contribution is 0.0846. The maximum Gasteiger partial charge on any atom is 0.271 e. The summed E-state index contributed by atoms with van der Waals surface area (Å²) >= 11 is 5.79. The van der Waals surface area contributed by atoms with Crippen molar-refractivity contribution in [1.29, 1.82) is 0 Å². The molecule has 0 unspecified atom stereocenters. The van der Waals surface area contributed by atoms with Crippen LogP contribution >= 0.6 is 11.6 Å². The zero-order valence-corrected chi connectivity index (χ0v) is 13.2. The summed E-state index contributed by atoms with van der Waals surface area (Å²) in [5.74, 6) is -1.76. The molecule has 0 aliphatic carbocycles. The summed E-state index contributed by atoms with van der Waals surface area (Å²) in [7, 11) is 0. The monoisotopic (exact) mass is 360 g/mol. The Labute approximate surface area is 145 Å². The maximum atomic E-state index is 13.0. The van der Waals surface area contributed by atoms with Crippen LogP contribution in [-0.4, -0.2) is 32.0 Å². The highest BCUT2D eigenvalue weighted by Gasteiger charge is 2.13. The molecular weight excluding hydrogens is 351 g/mol. The van der Waals surface area contributed by atoms with Crippen molar-refractivity contribution in [2.24, 2.45) is 0 Å². The van der Waals surface area contributed by atoms with Crippen LogP contribution in [0, 0.1) is 5.82 Å². The van der Waals surface area contributed by atoms with Gasteiger partial charge in [-0.05, 0) is 52.9 Å². The average Bonchev–Trinajstić information content (AvgIpc) is 3.14. The van der Waals surface area contributed by atoms with Crippen molar-refractivity contribution >= 4 is 23.4 Å². The van der Waals surface area contributed by atoms with Crippen molar-refractivity contribution in [2.45, 2.75) is 0 Å². The number of carbonyl (C=O) groups excluding carboxylic acids is 2. The van der Waals surface area contributed by atoms with E-state index in [9.17, 15) is 14.0 Å². The second-order valence-corrected chi connectivity index (χ2v) is 5.24. The quantitative estimate of drug-likeness (QED) is 0.690. The van der Waals surface area contributed by atoms with E-state index in [0.29, 0.717) is 11.3 Å². The molecule has 2 N–H and O–H groups in total. The van der Waals surface area contributed by atoms with Crippen LogP contribution in [0.1, 0.15) is 20.7 Å². The molecule has 0 aliphatic heterocycles. The number of hydrogen-bond donors (Lipinski definition) is 2. The minimum absolute atomic E-state index is 0.0393. The Hall–Kier alpha value is -3.33. The van der Waals surface area contributed by atoms with Gasteiger partial charge in [0.1, 0.15) is 12.1 Å². The molecule has 0 aliphatic rings. The van der Waals surface area contributed by atoms with Gasteiger partial charge in [0.05, 0.1) is 16.3 Å². The van der Waals surface area contributed by atoms with E-state index >= 15 is 0 Å². The van der Waals surface area contributed by atoms with Crippen molar-refractivity contribution < 1.29 is 14.0 Å². The van der Waals surface area contributed by atoms with Crippen LogP contribution in [-0.2, 0) is 0 Å². The van der Waals surface area contributed by atoms with Gasteiger partial charge in [0.15, 0.2) is 0 Å².